The van der Waals surface area contributed by atoms with Gasteiger partial charge in [-0.3, -0.25) is 9.59 Å². The lowest BCUT2D eigenvalue weighted by Crippen LogP contribution is -2.33. The third-order valence-corrected chi connectivity index (χ3v) is 3.01. The number of ether oxygens (including phenoxy) is 2. The molecule has 104 valence electrons. The van der Waals surface area contributed by atoms with E-state index in [0.29, 0.717) is 40.8 Å². The van der Waals surface area contributed by atoms with E-state index in [1.807, 2.05) is 6.92 Å². The fourth-order valence-corrected chi connectivity index (χ4v) is 2.07. The van der Waals surface area contributed by atoms with Crippen molar-refractivity contribution in [2.75, 3.05) is 6.61 Å². The van der Waals surface area contributed by atoms with Crippen LogP contribution in [-0.4, -0.2) is 24.9 Å². The number of hydrogen-bond acceptors (Lipinski definition) is 4. The second-order valence-electron chi connectivity index (χ2n) is 3.80. The molecule has 1 aromatic carbocycles. The maximum Gasteiger partial charge on any atom is 0.258 e. The van der Waals surface area contributed by atoms with Crippen molar-refractivity contribution in [3.8, 4) is 11.5 Å². The molecule has 0 radical (unpaired) electrons. The zero-order chi connectivity index (χ0) is 14.4. The van der Waals surface area contributed by atoms with Crippen LogP contribution >= 0.6 is 15.9 Å². The van der Waals surface area contributed by atoms with Gasteiger partial charge in [0.2, 0.25) is 0 Å². The topological polar surface area (TPSA) is 78.6 Å². The van der Waals surface area contributed by atoms with Crippen LogP contribution in [-0.2, 0) is 4.79 Å². The Morgan fingerprint density at radius 2 is 2.16 bits per heavy atom. The van der Waals surface area contributed by atoms with E-state index in [1.54, 1.807) is 19.1 Å². The number of carbonyl (C=O) groups is 2. The summed E-state index contributed by atoms with van der Waals surface area (Å²) in [5.41, 5.74) is 5.70. The van der Waals surface area contributed by atoms with Crippen LogP contribution < -0.4 is 15.2 Å². The highest BCUT2D eigenvalue weighted by Crippen LogP contribution is 2.37. The van der Waals surface area contributed by atoms with Gasteiger partial charge in [0.25, 0.3) is 5.91 Å². The van der Waals surface area contributed by atoms with Gasteiger partial charge in [0.05, 0.1) is 11.1 Å². The first-order valence-corrected chi connectivity index (χ1v) is 6.70. The Morgan fingerprint density at radius 1 is 1.47 bits per heavy atom. The Hall–Kier alpha value is -1.56. The van der Waals surface area contributed by atoms with Gasteiger partial charge < -0.3 is 15.2 Å². The van der Waals surface area contributed by atoms with Crippen LogP contribution in [0.2, 0.25) is 0 Å². The van der Waals surface area contributed by atoms with Crippen LogP contribution in [0.25, 0.3) is 0 Å². The van der Waals surface area contributed by atoms with E-state index in [0.717, 1.165) is 0 Å². The van der Waals surface area contributed by atoms with Crippen molar-refractivity contribution in [3.63, 3.8) is 0 Å². The largest absolute Gasteiger partial charge is 0.490 e. The van der Waals surface area contributed by atoms with E-state index >= 15 is 0 Å². The summed E-state index contributed by atoms with van der Waals surface area (Å²) in [5.74, 6) is 0.230. The Bertz CT molecular complexity index is 476. The fourth-order valence-electron chi connectivity index (χ4n) is 1.52. The highest BCUT2D eigenvalue weighted by molar-refractivity contribution is 9.10. The summed E-state index contributed by atoms with van der Waals surface area (Å²) in [5, 5.41) is 0. The first kappa shape index (κ1) is 15.5. The second kappa shape index (κ2) is 7.13. The molecule has 1 unspecified atom stereocenters. The van der Waals surface area contributed by atoms with Crippen molar-refractivity contribution >= 4 is 28.1 Å². The summed E-state index contributed by atoms with van der Waals surface area (Å²) < 4.78 is 11.5. The minimum Gasteiger partial charge on any atom is -0.490 e. The Labute approximate surface area is 120 Å². The minimum absolute atomic E-state index is 0.373. The van der Waals surface area contributed by atoms with Gasteiger partial charge in [-0.25, -0.2) is 0 Å². The molecule has 0 saturated heterocycles. The fraction of sp³-hybridized carbons (Fsp3) is 0.385. The molecule has 0 aliphatic carbocycles. The van der Waals surface area contributed by atoms with Crippen molar-refractivity contribution in [2.24, 2.45) is 5.73 Å². The summed E-state index contributed by atoms with van der Waals surface area (Å²) in [4.78, 5) is 22.0. The Morgan fingerprint density at radius 3 is 2.63 bits per heavy atom. The molecule has 1 atom stereocenters. The molecular formula is C13H16BrNO4. The van der Waals surface area contributed by atoms with E-state index in [4.69, 9.17) is 15.2 Å². The monoisotopic (exact) mass is 329 g/mol. The van der Waals surface area contributed by atoms with Gasteiger partial charge >= 0.3 is 0 Å². The quantitative estimate of drug-likeness (QED) is 0.778. The van der Waals surface area contributed by atoms with E-state index in [9.17, 15) is 9.59 Å². The second-order valence-corrected chi connectivity index (χ2v) is 4.65. The van der Waals surface area contributed by atoms with Crippen LogP contribution in [0.3, 0.4) is 0 Å². The number of halogens is 1. The van der Waals surface area contributed by atoms with Gasteiger partial charge in [0.1, 0.15) is 6.29 Å². The third kappa shape index (κ3) is 3.96. The van der Waals surface area contributed by atoms with Crippen LogP contribution in [0, 0.1) is 0 Å². The molecular weight excluding hydrogens is 314 g/mol. The maximum absolute atomic E-state index is 11.2. The zero-order valence-electron chi connectivity index (χ0n) is 10.8. The molecule has 19 heavy (non-hydrogen) atoms. The highest BCUT2D eigenvalue weighted by Gasteiger charge is 2.20. The number of primary amides is 1. The molecule has 2 N–H and O–H groups in total. The zero-order valence-corrected chi connectivity index (χ0v) is 12.4. The van der Waals surface area contributed by atoms with Crippen molar-refractivity contribution in [1.82, 2.24) is 0 Å². The first-order chi connectivity index (χ1) is 9.03. The van der Waals surface area contributed by atoms with Crippen LogP contribution in [0.5, 0.6) is 11.5 Å². The maximum atomic E-state index is 11.2. The third-order valence-electron chi connectivity index (χ3n) is 2.42. The number of hydrogen-bond donors (Lipinski definition) is 1. The number of carbonyl (C=O) groups excluding carboxylic acids is 2. The number of benzene rings is 1. The summed E-state index contributed by atoms with van der Waals surface area (Å²) in [7, 11) is 0. The molecule has 0 heterocycles. The van der Waals surface area contributed by atoms with Crippen LogP contribution in [0.4, 0.5) is 0 Å². The highest BCUT2D eigenvalue weighted by atomic mass is 79.9. The Kier molecular flexibility index (Phi) is 5.82. The predicted octanol–water partition coefficient (Wildman–Crippen LogP) is 2.30. The molecule has 0 aliphatic rings. The van der Waals surface area contributed by atoms with Gasteiger partial charge in [-0.2, -0.15) is 0 Å². The molecule has 6 heteroatoms. The molecule has 0 aromatic heterocycles. The van der Waals surface area contributed by atoms with Gasteiger partial charge in [-0.1, -0.05) is 6.92 Å². The standard InChI is InChI=1S/C13H16BrNO4/c1-3-10(13(15)17)19-12-9(14)5-8(7-16)6-11(12)18-4-2/h5-7,10H,3-4H2,1-2H3,(H2,15,17). The van der Waals surface area contributed by atoms with Crippen molar-refractivity contribution in [2.45, 2.75) is 26.4 Å². The van der Waals surface area contributed by atoms with Crippen molar-refractivity contribution in [3.05, 3.63) is 22.2 Å². The SMILES string of the molecule is CCOc1cc(C=O)cc(Br)c1OC(CC)C(N)=O. The minimum atomic E-state index is -0.738. The summed E-state index contributed by atoms with van der Waals surface area (Å²) in [6.45, 7) is 4.03. The average molecular weight is 330 g/mol. The lowest BCUT2D eigenvalue weighted by atomic mass is 10.2. The van der Waals surface area contributed by atoms with Crippen molar-refractivity contribution < 1.29 is 19.1 Å². The first-order valence-electron chi connectivity index (χ1n) is 5.90. The van der Waals surface area contributed by atoms with E-state index < -0.39 is 12.0 Å². The summed E-state index contributed by atoms with van der Waals surface area (Å²) in [6, 6.07) is 3.16. The summed E-state index contributed by atoms with van der Waals surface area (Å²) >= 11 is 3.30. The van der Waals surface area contributed by atoms with Gasteiger partial charge in [-0.15, -0.1) is 0 Å². The van der Waals surface area contributed by atoms with Crippen LogP contribution in [0.1, 0.15) is 30.6 Å². The van der Waals surface area contributed by atoms with E-state index in [-0.39, 0.29) is 0 Å². The van der Waals surface area contributed by atoms with Gasteiger partial charge in [-0.05, 0) is 41.4 Å². The van der Waals surface area contributed by atoms with E-state index in [1.165, 1.54) is 0 Å². The van der Waals surface area contributed by atoms with Gasteiger partial charge in [0.15, 0.2) is 17.6 Å². The average Bonchev–Trinajstić information content (AvgIpc) is 2.37. The molecule has 0 aliphatic heterocycles. The molecule has 0 spiro atoms. The number of aldehydes is 1. The molecule has 1 amide bonds. The van der Waals surface area contributed by atoms with E-state index in [2.05, 4.69) is 15.9 Å². The number of nitrogens with two attached hydrogens (primary N) is 1. The normalized spacial score (nSPS) is 11.7. The number of rotatable bonds is 7. The lowest BCUT2D eigenvalue weighted by molar-refractivity contribution is -0.124. The lowest BCUT2D eigenvalue weighted by Gasteiger charge is -2.18. The number of amides is 1. The van der Waals surface area contributed by atoms with Gasteiger partial charge in [0, 0.05) is 5.56 Å². The molecule has 0 saturated carbocycles. The smallest absolute Gasteiger partial charge is 0.258 e. The molecule has 0 fully saturated rings. The summed E-state index contributed by atoms with van der Waals surface area (Å²) in [6.07, 6.45) is 0.420. The van der Waals surface area contributed by atoms with Crippen LogP contribution in [0.15, 0.2) is 16.6 Å². The Balaban J connectivity index is 3.16. The molecule has 1 rings (SSSR count). The van der Waals surface area contributed by atoms with Crippen molar-refractivity contribution in [1.29, 1.82) is 0 Å². The molecule has 5 nitrogen and oxygen atoms in total. The molecule has 1 aromatic rings. The molecule has 0 bridgehead atoms. The predicted molar refractivity (Wildman–Crippen MR) is 74.6 cm³/mol.